The van der Waals surface area contributed by atoms with E-state index in [4.69, 9.17) is 0 Å². The molecule has 0 unspecified atom stereocenters. The molecule has 0 atom stereocenters. The third kappa shape index (κ3) is 2.44. The van der Waals surface area contributed by atoms with Crippen molar-refractivity contribution < 1.29 is 9.72 Å². The van der Waals surface area contributed by atoms with Crippen LogP contribution in [0.4, 0.5) is 11.4 Å². The molecule has 13 heavy (non-hydrogen) atoms. The Morgan fingerprint density at radius 2 is 1.92 bits per heavy atom. The average Bonchev–Trinajstić information content (AvgIpc) is 2.15. The lowest BCUT2D eigenvalue weighted by Gasteiger charge is -2.01. The third-order valence-electron chi connectivity index (χ3n) is 1.35. The first-order chi connectivity index (χ1) is 6.24. The van der Waals surface area contributed by atoms with Gasteiger partial charge in [-0.05, 0) is 12.1 Å². The second-order valence-corrected chi connectivity index (χ2v) is 2.19. The van der Waals surface area contributed by atoms with E-state index in [0.717, 1.165) is 0 Å². The summed E-state index contributed by atoms with van der Waals surface area (Å²) in [4.78, 5) is 19.6. The zero-order valence-electron chi connectivity index (χ0n) is 6.56. The number of carbonyl (C=O) groups excluding carboxylic acids is 1. The van der Waals surface area contributed by atoms with Crippen LogP contribution in [0, 0.1) is 10.1 Å². The zero-order chi connectivity index (χ0) is 9.68. The van der Waals surface area contributed by atoms with Gasteiger partial charge in [-0.2, -0.15) is 0 Å². The number of carbonyl (C=O) groups is 1. The molecule has 0 aromatic heterocycles. The van der Waals surface area contributed by atoms with Crippen LogP contribution in [0.25, 0.3) is 0 Å². The van der Waals surface area contributed by atoms with Crippen LogP contribution in [-0.4, -0.2) is 11.3 Å². The number of anilines is 1. The van der Waals surface area contributed by atoms with E-state index in [1.165, 1.54) is 24.3 Å². The fraction of sp³-hybridized carbons (Fsp3) is 0. The van der Waals surface area contributed by atoms with Crippen LogP contribution in [0.1, 0.15) is 0 Å². The minimum Gasteiger partial charge on any atom is -0.299 e. The van der Waals surface area contributed by atoms with Crippen molar-refractivity contribution >= 4 is 17.8 Å². The molecule has 0 aliphatic rings. The van der Waals surface area contributed by atoms with Crippen LogP contribution in [0.3, 0.4) is 0 Å². The van der Waals surface area contributed by atoms with Gasteiger partial charge in [0.25, 0.3) is 5.69 Å². The summed E-state index contributed by atoms with van der Waals surface area (Å²) in [6, 6.07) is 5.67. The number of nitrogens with one attached hydrogen (secondary N) is 2. The molecule has 1 amide bonds. The number of amides is 1. The number of hydrogen-bond donors (Lipinski definition) is 2. The van der Waals surface area contributed by atoms with Crippen molar-refractivity contribution in [2.75, 3.05) is 5.43 Å². The molecule has 0 saturated heterocycles. The molecular formula is C7H7N3O3. The molecule has 1 rings (SSSR count). The Morgan fingerprint density at radius 1 is 1.31 bits per heavy atom. The molecule has 6 heteroatoms. The van der Waals surface area contributed by atoms with E-state index < -0.39 is 4.92 Å². The summed E-state index contributed by atoms with van der Waals surface area (Å²) >= 11 is 0. The number of hydrogen-bond acceptors (Lipinski definition) is 4. The standard InChI is InChI=1S/C7H7N3O3/c11-5-8-9-6-1-3-7(4-2-6)10(12)13/h1-5,9H,(H,8,11). The van der Waals surface area contributed by atoms with E-state index in [1.807, 2.05) is 0 Å². The van der Waals surface area contributed by atoms with Crippen molar-refractivity contribution in [1.29, 1.82) is 0 Å². The molecule has 68 valence electrons. The first kappa shape index (κ1) is 8.98. The van der Waals surface area contributed by atoms with Crippen molar-refractivity contribution in [3.63, 3.8) is 0 Å². The maximum atomic E-state index is 10.2. The van der Waals surface area contributed by atoms with Crippen LogP contribution in [0.15, 0.2) is 24.3 Å². The largest absolute Gasteiger partial charge is 0.299 e. The first-order valence-electron chi connectivity index (χ1n) is 3.43. The summed E-state index contributed by atoms with van der Waals surface area (Å²) < 4.78 is 0. The average molecular weight is 181 g/mol. The fourth-order valence-electron chi connectivity index (χ4n) is 0.779. The van der Waals surface area contributed by atoms with Crippen molar-refractivity contribution in [2.24, 2.45) is 0 Å². The van der Waals surface area contributed by atoms with Crippen molar-refractivity contribution in [1.82, 2.24) is 5.43 Å². The third-order valence-corrected chi connectivity index (χ3v) is 1.35. The predicted molar refractivity (Wildman–Crippen MR) is 45.9 cm³/mol. The molecule has 0 radical (unpaired) electrons. The van der Waals surface area contributed by atoms with E-state index in [2.05, 4.69) is 10.9 Å². The Bertz CT molecular complexity index is 309. The van der Waals surface area contributed by atoms with Crippen LogP contribution in [-0.2, 0) is 4.79 Å². The maximum Gasteiger partial charge on any atom is 0.269 e. The summed E-state index contributed by atoms with van der Waals surface area (Å²) in [7, 11) is 0. The van der Waals surface area contributed by atoms with Gasteiger partial charge in [0.2, 0.25) is 6.41 Å². The fourth-order valence-corrected chi connectivity index (χ4v) is 0.779. The topological polar surface area (TPSA) is 84.3 Å². The van der Waals surface area contributed by atoms with Crippen LogP contribution < -0.4 is 10.9 Å². The van der Waals surface area contributed by atoms with Crippen molar-refractivity contribution in [3.8, 4) is 0 Å². The number of benzene rings is 1. The lowest BCUT2D eigenvalue weighted by Crippen LogP contribution is -2.18. The lowest BCUT2D eigenvalue weighted by molar-refractivity contribution is -0.384. The first-order valence-corrected chi connectivity index (χ1v) is 3.43. The van der Waals surface area contributed by atoms with Crippen LogP contribution in [0.5, 0.6) is 0 Å². The smallest absolute Gasteiger partial charge is 0.269 e. The number of nitro groups is 1. The molecule has 0 aliphatic heterocycles. The van der Waals surface area contributed by atoms with E-state index in [9.17, 15) is 14.9 Å². The molecule has 1 aromatic carbocycles. The summed E-state index contributed by atoms with van der Waals surface area (Å²) in [5.74, 6) is 0. The molecule has 2 N–H and O–H groups in total. The second-order valence-electron chi connectivity index (χ2n) is 2.19. The predicted octanol–water partition coefficient (Wildman–Crippen LogP) is 0.668. The van der Waals surface area contributed by atoms with E-state index in [1.54, 1.807) is 0 Å². The Balaban J connectivity index is 2.69. The van der Waals surface area contributed by atoms with Crippen molar-refractivity contribution in [2.45, 2.75) is 0 Å². The highest BCUT2D eigenvalue weighted by Gasteiger charge is 2.02. The van der Waals surface area contributed by atoms with Gasteiger partial charge in [-0.15, -0.1) is 0 Å². The number of nitrogens with zero attached hydrogens (tertiary/aromatic N) is 1. The monoisotopic (exact) mass is 181 g/mol. The van der Waals surface area contributed by atoms with Crippen LogP contribution in [0.2, 0.25) is 0 Å². The molecule has 0 aliphatic carbocycles. The molecular weight excluding hydrogens is 174 g/mol. The number of rotatable bonds is 4. The highest BCUT2D eigenvalue weighted by atomic mass is 16.6. The van der Waals surface area contributed by atoms with Gasteiger partial charge < -0.3 is 0 Å². The summed E-state index contributed by atoms with van der Waals surface area (Å²) in [5.41, 5.74) is 5.32. The molecule has 0 saturated carbocycles. The Labute approximate surface area is 73.7 Å². The highest BCUT2D eigenvalue weighted by molar-refractivity contribution is 5.54. The van der Waals surface area contributed by atoms with E-state index >= 15 is 0 Å². The van der Waals surface area contributed by atoms with Gasteiger partial charge in [0.15, 0.2) is 0 Å². The SMILES string of the molecule is O=CNNc1ccc([N+](=O)[O-])cc1. The molecule has 6 nitrogen and oxygen atoms in total. The van der Waals surface area contributed by atoms with Gasteiger partial charge >= 0.3 is 0 Å². The quantitative estimate of drug-likeness (QED) is 0.406. The highest BCUT2D eigenvalue weighted by Crippen LogP contribution is 2.14. The van der Waals surface area contributed by atoms with E-state index in [-0.39, 0.29) is 5.69 Å². The normalized spacial score (nSPS) is 8.92. The van der Waals surface area contributed by atoms with Gasteiger partial charge in [0, 0.05) is 12.1 Å². The summed E-state index contributed by atoms with van der Waals surface area (Å²) in [5, 5.41) is 10.2. The molecule has 0 heterocycles. The number of hydrazine groups is 1. The summed E-state index contributed by atoms with van der Waals surface area (Å²) in [6.07, 6.45) is 0.474. The Hall–Kier alpha value is -2.11. The van der Waals surface area contributed by atoms with Crippen LogP contribution >= 0.6 is 0 Å². The van der Waals surface area contributed by atoms with Gasteiger partial charge in [-0.25, -0.2) is 0 Å². The van der Waals surface area contributed by atoms with Gasteiger partial charge in [0.1, 0.15) is 0 Å². The molecule has 0 bridgehead atoms. The van der Waals surface area contributed by atoms with Gasteiger partial charge in [0.05, 0.1) is 10.6 Å². The van der Waals surface area contributed by atoms with Crippen molar-refractivity contribution in [3.05, 3.63) is 34.4 Å². The minimum atomic E-state index is -0.489. The molecule has 1 aromatic rings. The number of non-ortho nitro benzene ring substituents is 1. The zero-order valence-corrected chi connectivity index (χ0v) is 6.56. The Kier molecular flexibility index (Phi) is 2.80. The Morgan fingerprint density at radius 3 is 2.38 bits per heavy atom. The minimum absolute atomic E-state index is 0.0108. The maximum absolute atomic E-state index is 10.2. The van der Waals surface area contributed by atoms with Gasteiger partial charge in [-0.3, -0.25) is 25.8 Å². The number of nitro benzene ring substituents is 1. The molecule has 0 fully saturated rings. The second kappa shape index (κ2) is 4.05. The summed E-state index contributed by atoms with van der Waals surface area (Å²) in [6.45, 7) is 0. The van der Waals surface area contributed by atoms with Gasteiger partial charge in [-0.1, -0.05) is 0 Å². The molecule has 0 spiro atoms. The van der Waals surface area contributed by atoms with E-state index in [0.29, 0.717) is 12.1 Å². The lowest BCUT2D eigenvalue weighted by atomic mass is 10.3.